The highest BCUT2D eigenvalue weighted by atomic mass is 19.3. The lowest BCUT2D eigenvalue weighted by atomic mass is 10.2. The Bertz CT molecular complexity index is 481. The van der Waals surface area contributed by atoms with E-state index >= 15 is 0 Å². The lowest BCUT2D eigenvalue weighted by Gasteiger charge is -2.18. The van der Waals surface area contributed by atoms with Gasteiger partial charge in [0.1, 0.15) is 6.04 Å². The molecule has 1 heterocycles. The van der Waals surface area contributed by atoms with Crippen LogP contribution in [0.15, 0.2) is 12.5 Å². The van der Waals surface area contributed by atoms with Gasteiger partial charge in [-0.2, -0.15) is 8.78 Å². The van der Waals surface area contributed by atoms with Crippen molar-refractivity contribution in [2.45, 2.75) is 24.8 Å². The van der Waals surface area contributed by atoms with Crippen LogP contribution in [0.5, 0.6) is 0 Å². The van der Waals surface area contributed by atoms with Gasteiger partial charge in [0.25, 0.3) is 0 Å². The average molecular weight is 312 g/mol. The van der Waals surface area contributed by atoms with E-state index in [1.165, 1.54) is 17.8 Å². The van der Waals surface area contributed by atoms with E-state index in [0.717, 1.165) is 0 Å². The van der Waals surface area contributed by atoms with Crippen molar-refractivity contribution in [2.75, 3.05) is 6.54 Å². The maximum Gasteiger partial charge on any atom is 0.326 e. The number of aromatic amines is 1. The van der Waals surface area contributed by atoms with E-state index in [9.17, 15) is 27.2 Å². The predicted octanol–water partition coefficient (Wildman–Crippen LogP) is 0.605. The Labute approximate surface area is 115 Å². The van der Waals surface area contributed by atoms with Crippen LogP contribution in [-0.2, 0) is 11.2 Å². The van der Waals surface area contributed by atoms with Crippen molar-refractivity contribution in [3.63, 3.8) is 0 Å². The molecule has 11 heteroatoms. The quantitative estimate of drug-likeness (QED) is 0.553. The van der Waals surface area contributed by atoms with Crippen LogP contribution in [0.4, 0.5) is 22.4 Å². The maximum atomic E-state index is 12.6. The summed E-state index contributed by atoms with van der Waals surface area (Å²) in [7, 11) is 0. The second-order valence-corrected chi connectivity index (χ2v) is 4.06. The molecule has 118 valence electrons. The molecule has 0 radical (unpaired) electrons. The first-order valence-corrected chi connectivity index (χ1v) is 5.62. The monoisotopic (exact) mass is 312 g/mol. The third-order valence-corrected chi connectivity index (χ3v) is 2.39. The molecule has 1 aromatic rings. The number of alkyl halides is 4. The lowest BCUT2D eigenvalue weighted by Crippen LogP contribution is -2.50. The van der Waals surface area contributed by atoms with Crippen molar-refractivity contribution in [3.8, 4) is 0 Å². The van der Waals surface area contributed by atoms with E-state index in [0.29, 0.717) is 5.69 Å². The summed E-state index contributed by atoms with van der Waals surface area (Å²) in [6, 6.07) is -2.71. The Morgan fingerprint density at radius 3 is 2.57 bits per heavy atom. The summed E-state index contributed by atoms with van der Waals surface area (Å²) in [6.07, 6.45) is -1.50. The van der Waals surface area contributed by atoms with Gasteiger partial charge in [-0.05, 0) is 0 Å². The minimum Gasteiger partial charge on any atom is -0.480 e. The molecule has 0 aliphatic heterocycles. The van der Waals surface area contributed by atoms with Crippen LogP contribution in [0.1, 0.15) is 5.69 Å². The van der Waals surface area contributed by atoms with Gasteiger partial charge in [0.05, 0.1) is 12.9 Å². The Balaban J connectivity index is 2.52. The third-order valence-electron chi connectivity index (χ3n) is 2.39. The van der Waals surface area contributed by atoms with E-state index in [-0.39, 0.29) is 6.42 Å². The van der Waals surface area contributed by atoms with Gasteiger partial charge >= 0.3 is 24.3 Å². The lowest BCUT2D eigenvalue weighted by molar-refractivity contribution is -0.139. The topological polar surface area (TPSA) is 107 Å². The Morgan fingerprint density at radius 2 is 2.10 bits per heavy atom. The number of hydrogen-bond acceptors (Lipinski definition) is 3. The number of carboxylic acid groups (broad SMARTS) is 1. The number of nitrogens with zero attached hydrogens (tertiary/aromatic N) is 1. The summed E-state index contributed by atoms with van der Waals surface area (Å²) >= 11 is 0. The molecule has 0 saturated heterocycles. The zero-order valence-electron chi connectivity index (χ0n) is 10.4. The number of imidazole rings is 1. The number of aromatic nitrogens is 2. The molecule has 0 bridgehead atoms. The van der Waals surface area contributed by atoms with Crippen LogP contribution >= 0.6 is 0 Å². The molecule has 0 fully saturated rings. The van der Waals surface area contributed by atoms with E-state index in [1.54, 1.807) is 0 Å². The van der Waals surface area contributed by atoms with Gasteiger partial charge in [-0.25, -0.2) is 23.4 Å². The second kappa shape index (κ2) is 6.90. The zero-order valence-corrected chi connectivity index (χ0v) is 10.4. The first-order valence-electron chi connectivity index (χ1n) is 5.62. The number of halogens is 4. The molecule has 1 atom stereocenters. The largest absolute Gasteiger partial charge is 0.480 e. The highest BCUT2D eigenvalue weighted by Gasteiger charge is 2.41. The first kappa shape index (κ1) is 16.7. The van der Waals surface area contributed by atoms with Gasteiger partial charge in [-0.1, -0.05) is 0 Å². The number of amides is 2. The SMILES string of the molecule is O=C(NCC(F)(F)C(F)F)N[C@@H](Cc1cnc[nH]1)C(=O)O. The van der Waals surface area contributed by atoms with Crippen molar-refractivity contribution in [3.05, 3.63) is 18.2 Å². The normalized spacial score (nSPS) is 13.0. The number of carbonyl (C=O) groups is 2. The molecular weight excluding hydrogens is 300 g/mol. The summed E-state index contributed by atoms with van der Waals surface area (Å²) in [4.78, 5) is 28.4. The molecule has 0 aliphatic rings. The van der Waals surface area contributed by atoms with E-state index in [1.807, 2.05) is 5.32 Å². The minimum atomic E-state index is -4.39. The smallest absolute Gasteiger partial charge is 0.326 e. The molecule has 1 aromatic heterocycles. The van der Waals surface area contributed by atoms with Crippen LogP contribution in [0.25, 0.3) is 0 Å². The highest BCUT2D eigenvalue weighted by Crippen LogP contribution is 2.21. The molecule has 7 nitrogen and oxygen atoms in total. The fourth-order valence-electron chi connectivity index (χ4n) is 1.30. The molecule has 1 rings (SSSR count). The number of urea groups is 1. The highest BCUT2D eigenvalue weighted by molar-refractivity contribution is 5.82. The second-order valence-electron chi connectivity index (χ2n) is 4.06. The molecular formula is C10H12F4N4O3. The molecule has 0 saturated carbocycles. The molecule has 0 aromatic carbocycles. The summed E-state index contributed by atoms with van der Waals surface area (Å²) in [5.74, 6) is -5.81. The zero-order chi connectivity index (χ0) is 16.0. The fraction of sp³-hybridized carbons (Fsp3) is 0.500. The van der Waals surface area contributed by atoms with Crippen molar-refractivity contribution < 1.29 is 32.3 Å². The summed E-state index contributed by atoms with van der Waals surface area (Å²) in [6.45, 7) is -1.60. The number of carboxylic acids is 1. The summed E-state index contributed by atoms with van der Waals surface area (Å²) < 4.78 is 48.9. The van der Waals surface area contributed by atoms with Crippen molar-refractivity contribution >= 4 is 12.0 Å². The van der Waals surface area contributed by atoms with Crippen molar-refractivity contribution in [1.82, 2.24) is 20.6 Å². The van der Waals surface area contributed by atoms with Gasteiger partial charge in [-0.15, -0.1) is 0 Å². The Hall–Kier alpha value is -2.33. The van der Waals surface area contributed by atoms with Crippen LogP contribution in [0, 0.1) is 0 Å². The van der Waals surface area contributed by atoms with Crippen molar-refractivity contribution in [1.29, 1.82) is 0 Å². The van der Waals surface area contributed by atoms with E-state index in [2.05, 4.69) is 9.97 Å². The number of aliphatic carboxylic acids is 1. The van der Waals surface area contributed by atoms with E-state index in [4.69, 9.17) is 5.11 Å². The predicted molar refractivity (Wildman–Crippen MR) is 61.2 cm³/mol. The molecule has 2 amide bonds. The van der Waals surface area contributed by atoms with Gasteiger partial charge in [0, 0.05) is 18.3 Å². The molecule has 0 aliphatic carbocycles. The number of hydrogen-bond donors (Lipinski definition) is 4. The Kier molecular flexibility index (Phi) is 5.50. The fourth-order valence-corrected chi connectivity index (χ4v) is 1.30. The Morgan fingerprint density at radius 1 is 1.43 bits per heavy atom. The first-order chi connectivity index (χ1) is 9.72. The van der Waals surface area contributed by atoms with Gasteiger partial charge in [0.15, 0.2) is 0 Å². The third kappa shape index (κ3) is 5.28. The number of rotatable bonds is 7. The minimum absolute atomic E-state index is 0.173. The number of nitrogens with one attached hydrogen (secondary N) is 3. The standard InChI is InChI=1S/C10H12F4N4O3/c11-8(12)10(13,14)3-16-9(21)18-6(7(19)20)1-5-2-15-4-17-5/h2,4,6,8H,1,3H2,(H,15,17)(H,19,20)(H2,16,18,21)/t6-/m0/s1. The van der Waals surface area contributed by atoms with Crippen LogP contribution < -0.4 is 10.6 Å². The maximum absolute atomic E-state index is 12.6. The van der Waals surface area contributed by atoms with Crippen LogP contribution in [0.3, 0.4) is 0 Å². The molecule has 4 N–H and O–H groups in total. The van der Waals surface area contributed by atoms with E-state index < -0.39 is 36.9 Å². The average Bonchev–Trinajstić information content (AvgIpc) is 2.88. The molecule has 0 spiro atoms. The summed E-state index contributed by atoms with van der Waals surface area (Å²) in [5, 5.41) is 12.3. The van der Waals surface area contributed by atoms with Gasteiger partial charge in [-0.3, -0.25) is 0 Å². The number of carbonyl (C=O) groups excluding carboxylic acids is 1. The number of H-pyrrole nitrogens is 1. The van der Waals surface area contributed by atoms with Crippen LogP contribution in [0.2, 0.25) is 0 Å². The summed E-state index contributed by atoms with van der Waals surface area (Å²) in [5.41, 5.74) is 0.389. The van der Waals surface area contributed by atoms with Gasteiger partial charge in [0.2, 0.25) is 0 Å². The van der Waals surface area contributed by atoms with Gasteiger partial charge < -0.3 is 20.7 Å². The molecule has 0 unspecified atom stereocenters. The van der Waals surface area contributed by atoms with Crippen LogP contribution in [-0.4, -0.2) is 52.0 Å². The van der Waals surface area contributed by atoms with Crippen molar-refractivity contribution in [2.24, 2.45) is 0 Å². The molecule has 21 heavy (non-hydrogen) atoms.